The van der Waals surface area contributed by atoms with Gasteiger partial charge in [-0.2, -0.15) is 0 Å². The van der Waals surface area contributed by atoms with Crippen LogP contribution in [0.15, 0.2) is 24.3 Å². The Bertz CT molecular complexity index is 368. The van der Waals surface area contributed by atoms with E-state index in [0.717, 1.165) is 51.6 Å². The minimum atomic E-state index is 0.232. The normalized spacial score (nSPS) is 24.2. The number of ether oxygens (including phenoxy) is 2. The molecule has 0 radical (unpaired) electrons. The van der Waals surface area contributed by atoms with Gasteiger partial charge in [0.05, 0.1) is 13.2 Å². The van der Waals surface area contributed by atoms with E-state index in [1.807, 2.05) is 0 Å². The molecule has 2 aliphatic heterocycles. The first-order chi connectivity index (χ1) is 8.92. The molecule has 0 saturated carbocycles. The Kier molecular flexibility index (Phi) is 3.67. The molecule has 1 aromatic rings. The monoisotopic (exact) mass is 248 g/mol. The summed E-state index contributed by atoms with van der Waals surface area (Å²) in [6, 6.07) is 8.43. The Hall–Kier alpha value is -1.26. The molecule has 1 aromatic carbocycles. The Labute approximate surface area is 108 Å². The standard InChI is InChI=1S/C14H20N2O2/c1-3-13(18-14-5-10-17-11-14)4-2-12(1)16-8-6-15-7-9-16/h1-4,14-15H,5-11H2/t14-/m0/s1. The lowest BCUT2D eigenvalue weighted by Gasteiger charge is -2.29. The van der Waals surface area contributed by atoms with Crippen LogP contribution in [0.1, 0.15) is 6.42 Å². The topological polar surface area (TPSA) is 33.7 Å². The van der Waals surface area contributed by atoms with E-state index in [1.54, 1.807) is 0 Å². The summed E-state index contributed by atoms with van der Waals surface area (Å²) in [6.45, 7) is 5.84. The van der Waals surface area contributed by atoms with Gasteiger partial charge in [0.1, 0.15) is 11.9 Å². The predicted molar refractivity (Wildman–Crippen MR) is 71.4 cm³/mol. The maximum absolute atomic E-state index is 5.86. The number of hydrogen-bond acceptors (Lipinski definition) is 4. The third kappa shape index (κ3) is 2.76. The average Bonchev–Trinajstić information content (AvgIpc) is 2.94. The summed E-state index contributed by atoms with van der Waals surface area (Å²) in [6.07, 6.45) is 1.23. The summed E-state index contributed by atoms with van der Waals surface area (Å²) >= 11 is 0. The highest BCUT2D eigenvalue weighted by Crippen LogP contribution is 2.22. The lowest BCUT2D eigenvalue weighted by atomic mass is 10.2. The van der Waals surface area contributed by atoms with Crippen LogP contribution in [-0.2, 0) is 4.74 Å². The van der Waals surface area contributed by atoms with Crippen LogP contribution in [0.3, 0.4) is 0 Å². The van der Waals surface area contributed by atoms with E-state index in [9.17, 15) is 0 Å². The van der Waals surface area contributed by atoms with Crippen LogP contribution in [0.5, 0.6) is 5.75 Å². The zero-order valence-electron chi connectivity index (χ0n) is 10.6. The summed E-state index contributed by atoms with van der Waals surface area (Å²) in [4.78, 5) is 2.40. The van der Waals surface area contributed by atoms with Crippen LogP contribution in [0.2, 0.25) is 0 Å². The van der Waals surface area contributed by atoms with E-state index < -0.39 is 0 Å². The number of nitrogens with zero attached hydrogens (tertiary/aromatic N) is 1. The van der Waals surface area contributed by atoms with Gasteiger partial charge in [0.25, 0.3) is 0 Å². The van der Waals surface area contributed by atoms with Gasteiger partial charge < -0.3 is 19.7 Å². The fourth-order valence-electron chi connectivity index (χ4n) is 2.46. The second-order valence-corrected chi connectivity index (χ2v) is 4.83. The molecule has 1 atom stereocenters. The molecule has 18 heavy (non-hydrogen) atoms. The highest BCUT2D eigenvalue weighted by molar-refractivity contribution is 5.49. The molecule has 4 heteroatoms. The highest BCUT2D eigenvalue weighted by Gasteiger charge is 2.17. The lowest BCUT2D eigenvalue weighted by Crippen LogP contribution is -2.43. The summed E-state index contributed by atoms with van der Waals surface area (Å²) in [5, 5.41) is 3.36. The minimum Gasteiger partial charge on any atom is -0.488 e. The van der Waals surface area contributed by atoms with E-state index >= 15 is 0 Å². The van der Waals surface area contributed by atoms with Crippen LogP contribution < -0.4 is 15.0 Å². The molecule has 2 fully saturated rings. The van der Waals surface area contributed by atoms with Crippen molar-refractivity contribution < 1.29 is 9.47 Å². The van der Waals surface area contributed by atoms with Crippen molar-refractivity contribution >= 4 is 5.69 Å². The highest BCUT2D eigenvalue weighted by atomic mass is 16.5. The first-order valence-electron chi connectivity index (χ1n) is 6.72. The molecule has 2 saturated heterocycles. The smallest absolute Gasteiger partial charge is 0.124 e. The molecule has 0 aromatic heterocycles. The molecule has 4 nitrogen and oxygen atoms in total. The van der Waals surface area contributed by atoms with Crippen molar-refractivity contribution in [1.82, 2.24) is 5.32 Å². The zero-order chi connectivity index (χ0) is 12.2. The largest absolute Gasteiger partial charge is 0.488 e. The van der Waals surface area contributed by atoms with Crippen molar-refractivity contribution in [3.63, 3.8) is 0 Å². The minimum absolute atomic E-state index is 0.232. The van der Waals surface area contributed by atoms with Crippen molar-refractivity contribution in [1.29, 1.82) is 0 Å². The van der Waals surface area contributed by atoms with E-state index in [4.69, 9.17) is 9.47 Å². The van der Waals surface area contributed by atoms with Gasteiger partial charge in [-0.1, -0.05) is 0 Å². The number of hydrogen-bond donors (Lipinski definition) is 1. The summed E-state index contributed by atoms with van der Waals surface area (Å²) in [5.41, 5.74) is 1.28. The fourth-order valence-corrected chi connectivity index (χ4v) is 2.46. The van der Waals surface area contributed by atoms with Crippen molar-refractivity contribution in [2.24, 2.45) is 0 Å². The number of piperazine rings is 1. The van der Waals surface area contributed by atoms with Crippen molar-refractivity contribution in [2.75, 3.05) is 44.3 Å². The number of nitrogens with one attached hydrogen (secondary N) is 1. The van der Waals surface area contributed by atoms with Gasteiger partial charge in [-0.25, -0.2) is 0 Å². The van der Waals surface area contributed by atoms with E-state index in [0.29, 0.717) is 0 Å². The maximum Gasteiger partial charge on any atom is 0.124 e. The summed E-state index contributed by atoms with van der Waals surface area (Å²) in [7, 11) is 0. The molecule has 0 bridgehead atoms. The Balaban J connectivity index is 1.60. The van der Waals surface area contributed by atoms with Crippen LogP contribution in [-0.4, -0.2) is 45.5 Å². The van der Waals surface area contributed by atoms with Gasteiger partial charge in [0.15, 0.2) is 0 Å². The molecule has 0 unspecified atom stereocenters. The molecular weight excluding hydrogens is 228 g/mol. The second-order valence-electron chi connectivity index (χ2n) is 4.83. The van der Waals surface area contributed by atoms with Crippen LogP contribution in [0.25, 0.3) is 0 Å². The van der Waals surface area contributed by atoms with Gasteiger partial charge in [0, 0.05) is 38.3 Å². The van der Waals surface area contributed by atoms with Crippen molar-refractivity contribution in [2.45, 2.75) is 12.5 Å². The SMILES string of the molecule is c1cc(N2CCNCC2)ccc1O[C@H]1CCOC1. The third-order valence-electron chi connectivity index (χ3n) is 3.51. The molecule has 98 valence electrons. The number of benzene rings is 1. The first kappa shape index (κ1) is 11.8. The molecular formula is C14H20N2O2. The van der Waals surface area contributed by atoms with Crippen LogP contribution in [0, 0.1) is 0 Å². The van der Waals surface area contributed by atoms with Gasteiger partial charge in [-0.3, -0.25) is 0 Å². The molecule has 3 rings (SSSR count). The van der Waals surface area contributed by atoms with E-state index in [1.165, 1.54) is 5.69 Å². The van der Waals surface area contributed by atoms with Gasteiger partial charge in [-0.05, 0) is 24.3 Å². The van der Waals surface area contributed by atoms with E-state index in [-0.39, 0.29) is 6.10 Å². The summed E-state index contributed by atoms with van der Waals surface area (Å²) in [5.74, 6) is 0.949. The number of anilines is 1. The third-order valence-corrected chi connectivity index (χ3v) is 3.51. The average molecular weight is 248 g/mol. The molecule has 1 N–H and O–H groups in total. The fraction of sp³-hybridized carbons (Fsp3) is 0.571. The Morgan fingerprint density at radius 2 is 1.94 bits per heavy atom. The molecule has 2 aliphatic rings. The first-order valence-corrected chi connectivity index (χ1v) is 6.72. The van der Waals surface area contributed by atoms with Gasteiger partial charge in [0.2, 0.25) is 0 Å². The zero-order valence-corrected chi connectivity index (χ0v) is 10.6. The quantitative estimate of drug-likeness (QED) is 0.873. The molecule has 2 heterocycles. The second kappa shape index (κ2) is 5.59. The van der Waals surface area contributed by atoms with E-state index in [2.05, 4.69) is 34.5 Å². The summed E-state index contributed by atoms with van der Waals surface area (Å²) < 4.78 is 11.2. The lowest BCUT2D eigenvalue weighted by molar-refractivity contribution is 0.141. The Morgan fingerprint density at radius 3 is 2.61 bits per heavy atom. The predicted octanol–water partition coefficient (Wildman–Crippen LogP) is 1.26. The van der Waals surface area contributed by atoms with Crippen LogP contribution in [0.4, 0.5) is 5.69 Å². The van der Waals surface area contributed by atoms with Crippen molar-refractivity contribution in [3.05, 3.63) is 24.3 Å². The maximum atomic E-state index is 5.86. The van der Waals surface area contributed by atoms with Crippen LogP contribution >= 0.6 is 0 Å². The molecule has 0 spiro atoms. The van der Waals surface area contributed by atoms with Gasteiger partial charge in [-0.15, -0.1) is 0 Å². The molecule has 0 amide bonds. The number of rotatable bonds is 3. The molecule has 0 aliphatic carbocycles. The van der Waals surface area contributed by atoms with Gasteiger partial charge >= 0.3 is 0 Å². The van der Waals surface area contributed by atoms with Crippen molar-refractivity contribution in [3.8, 4) is 5.75 Å². The Morgan fingerprint density at radius 1 is 1.17 bits per heavy atom.